The molecule has 0 aliphatic rings. The zero-order chi connectivity index (χ0) is 14.8. The maximum Gasteiger partial charge on any atom is 0.281 e. The minimum Gasteiger partial charge on any atom is -0.279 e. The lowest BCUT2D eigenvalue weighted by molar-refractivity contribution is 0.962. The highest BCUT2D eigenvalue weighted by Gasteiger charge is 2.11. The maximum atomic E-state index is 12.6. The fourth-order valence-electron chi connectivity index (χ4n) is 2.06. The molecule has 3 nitrogen and oxygen atoms in total. The molecule has 104 valence electrons. The summed E-state index contributed by atoms with van der Waals surface area (Å²) in [5.41, 5.74) is 1.44. The fourth-order valence-corrected chi connectivity index (χ4v) is 2.43. The quantitative estimate of drug-likeness (QED) is 0.710. The Kier molecular flexibility index (Phi) is 3.78. The van der Waals surface area contributed by atoms with E-state index in [4.69, 9.17) is 23.2 Å². The lowest BCUT2D eigenvalue weighted by Gasteiger charge is -2.09. The molecule has 0 aliphatic heterocycles. The molecule has 0 amide bonds. The van der Waals surface area contributed by atoms with E-state index in [0.717, 1.165) is 5.56 Å². The minimum absolute atomic E-state index is 0.243. The largest absolute Gasteiger partial charge is 0.281 e. The topological polar surface area (TPSA) is 34.9 Å². The first-order valence-corrected chi connectivity index (χ1v) is 7.01. The third-order valence-corrected chi connectivity index (χ3v) is 3.43. The van der Waals surface area contributed by atoms with Crippen molar-refractivity contribution in [1.29, 1.82) is 0 Å². The highest BCUT2D eigenvalue weighted by molar-refractivity contribution is 6.30. The first-order chi connectivity index (χ1) is 10.1. The summed E-state index contributed by atoms with van der Waals surface area (Å²) in [4.78, 5) is 16.8. The van der Waals surface area contributed by atoms with Crippen molar-refractivity contribution >= 4 is 23.2 Å². The standard InChI is InChI=1S/C16H10Cl2N2O/c17-12-7-4-8-13(9-12)20-10-14(18)19-15(16(20)21)11-5-2-1-3-6-11/h1-10H. The minimum atomic E-state index is -0.243. The third kappa shape index (κ3) is 2.84. The van der Waals surface area contributed by atoms with Crippen LogP contribution in [-0.2, 0) is 0 Å². The van der Waals surface area contributed by atoms with Crippen LogP contribution in [-0.4, -0.2) is 9.55 Å². The van der Waals surface area contributed by atoms with Crippen molar-refractivity contribution < 1.29 is 0 Å². The Morgan fingerprint density at radius 2 is 1.71 bits per heavy atom. The molecule has 21 heavy (non-hydrogen) atoms. The van der Waals surface area contributed by atoms with Crippen molar-refractivity contribution in [1.82, 2.24) is 9.55 Å². The molecule has 0 bridgehead atoms. The molecule has 2 aromatic carbocycles. The van der Waals surface area contributed by atoms with Crippen LogP contribution in [0, 0.1) is 0 Å². The summed E-state index contributed by atoms with van der Waals surface area (Å²) < 4.78 is 1.45. The molecule has 0 fully saturated rings. The Bertz CT molecular complexity index is 844. The predicted octanol–water partition coefficient (Wildman–Crippen LogP) is 4.21. The molecule has 3 rings (SSSR count). The molecule has 0 N–H and O–H groups in total. The van der Waals surface area contributed by atoms with Gasteiger partial charge in [-0.15, -0.1) is 0 Å². The third-order valence-electron chi connectivity index (χ3n) is 3.01. The van der Waals surface area contributed by atoms with Crippen molar-refractivity contribution in [3.8, 4) is 16.9 Å². The van der Waals surface area contributed by atoms with Crippen LogP contribution in [0.5, 0.6) is 0 Å². The van der Waals surface area contributed by atoms with Gasteiger partial charge in [-0.1, -0.05) is 59.6 Å². The summed E-state index contributed by atoms with van der Waals surface area (Å²) in [6.07, 6.45) is 1.49. The van der Waals surface area contributed by atoms with E-state index < -0.39 is 0 Å². The van der Waals surface area contributed by atoms with Crippen molar-refractivity contribution in [2.24, 2.45) is 0 Å². The monoisotopic (exact) mass is 316 g/mol. The van der Waals surface area contributed by atoms with E-state index in [-0.39, 0.29) is 10.7 Å². The number of hydrogen-bond donors (Lipinski definition) is 0. The average molecular weight is 317 g/mol. The second-order valence-corrected chi connectivity index (χ2v) is 5.26. The fraction of sp³-hybridized carbons (Fsp3) is 0. The van der Waals surface area contributed by atoms with E-state index in [1.807, 2.05) is 30.3 Å². The van der Waals surface area contributed by atoms with E-state index in [1.165, 1.54) is 10.8 Å². The number of benzene rings is 2. The molecule has 0 saturated carbocycles. The Hall–Kier alpha value is -2.10. The Labute approximate surface area is 131 Å². The number of halogens is 2. The molecule has 0 saturated heterocycles. The van der Waals surface area contributed by atoms with E-state index in [0.29, 0.717) is 16.4 Å². The van der Waals surface area contributed by atoms with Crippen molar-refractivity contribution in [2.75, 3.05) is 0 Å². The highest BCUT2D eigenvalue weighted by Crippen LogP contribution is 2.18. The average Bonchev–Trinajstić information content (AvgIpc) is 2.50. The first-order valence-electron chi connectivity index (χ1n) is 6.26. The Morgan fingerprint density at radius 3 is 2.43 bits per heavy atom. The Morgan fingerprint density at radius 1 is 0.952 bits per heavy atom. The van der Waals surface area contributed by atoms with Gasteiger partial charge in [0.05, 0.1) is 11.9 Å². The molecule has 0 aliphatic carbocycles. The number of aromatic nitrogens is 2. The van der Waals surface area contributed by atoms with Crippen molar-refractivity contribution in [3.63, 3.8) is 0 Å². The molecule has 0 spiro atoms. The molecule has 0 unspecified atom stereocenters. The molecular formula is C16H10Cl2N2O. The van der Waals surface area contributed by atoms with Crippen molar-refractivity contribution in [2.45, 2.75) is 0 Å². The summed E-state index contributed by atoms with van der Waals surface area (Å²) in [6.45, 7) is 0. The summed E-state index contributed by atoms with van der Waals surface area (Å²) in [6, 6.07) is 16.2. The van der Waals surface area contributed by atoms with Gasteiger partial charge in [0.1, 0.15) is 10.8 Å². The van der Waals surface area contributed by atoms with E-state index in [1.54, 1.807) is 24.3 Å². The Balaban J connectivity index is 2.24. The van der Waals surface area contributed by atoms with Gasteiger partial charge in [0.25, 0.3) is 5.56 Å². The van der Waals surface area contributed by atoms with Crippen LogP contribution < -0.4 is 5.56 Å². The van der Waals surface area contributed by atoms with Gasteiger partial charge in [-0.25, -0.2) is 4.98 Å². The SMILES string of the molecule is O=c1c(-c2ccccc2)nc(Cl)cn1-c1cccc(Cl)c1. The lowest BCUT2D eigenvalue weighted by Crippen LogP contribution is -2.21. The van der Waals surface area contributed by atoms with Gasteiger partial charge in [-0.05, 0) is 18.2 Å². The van der Waals surface area contributed by atoms with E-state index >= 15 is 0 Å². The van der Waals surface area contributed by atoms with Crippen LogP contribution in [0.15, 0.2) is 65.6 Å². The molecule has 0 radical (unpaired) electrons. The molecule has 1 aromatic heterocycles. The number of hydrogen-bond acceptors (Lipinski definition) is 2. The van der Waals surface area contributed by atoms with Gasteiger partial charge in [0.15, 0.2) is 0 Å². The van der Waals surface area contributed by atoms with Crippen LogP contribution in [0.3, 0.4) is 0 Å². The van der Waals surface area contributed by atoms with Gasteiger partial charge < -0.3 is 0 Å². The predicted molar refractivity (Wildman–Crippen MR) is 85.3 cm³/mol. The smallest absolute Gasteiger partial charge is 0.279 e. The summed E-state index contributed by atoms with van der Waals surface area (Å²) >= 11 is 12.0. The van der Waals surface area contributed by atoms with Crippen LogP contribution >= 0.6 is 23.2 Å². The zero-order valence-corrected chi connectivity index (χ0v) is 12.3. The molecule has 3 aromatic rings. The van der Waals surface area contributed by atoms with Gasteiger partial charge in [0.2, 0.25) is 0 Å². The van der Waals surface area contributed by atoms with E-state index in [9.17, 15) is 4.79 Å². The van der Waals surface area contributed by atoms with Gasteiger partial charge >= 0.3 is 0 Å². The van der Waals surface area contributed by atoms with Gasteiger partial charge in [0, 0.05) is 10.6 Å². The van der Waals surface area contributed by atoms with Gasteiger partial charge in [-0.3, -0.25) is 9.36 Å². The molecule has 0 atom stereocenters. The zero-order valence-electron chi connectivity index (χ0n) is 10.8. The number of nitrogens with zero attached hydrogens (tertiary/aromatic N) is 2. The second-order valence-electron chi connectivity index (χ2n) is 4.43. The number of rotatable bonds is 2. The van der Waals surface area contributed by atoms with Crippen LogP contribution in [0.2, 0.25) is 10.2 Å². The van der Waals surface area contributed by atoms with Crippen LogP contribution in [0.25, 0.3) is 16.9 Å². The second kappa shape index (κ2) is 5.72. The maximum absolute atomic E-state index is 12.6. The highest BCUT2D eigenvalue weighted by atomic mass is 35.5. The van der Waals surface area contributed by atoms with Gasteiger partial charge in [-0.2, -0.15) is 0 Å². The summed E-state index contributed by atoms with van der Waals surface area (Å²) in [5.74, 6) is 0. The van der Waals surface area contributed by atoms with Crippen LogP contribution in [0.4, 0.5) is 0 Å². The molecule has 5 heteroatoms. The van der Waals surface area contributed by atoms with Crippen LogP contribution in [0.1, 0.15) is 0 Å². The van der Waals surface area contributed by atoms with Crippen molar-refractivity contribution in [3.05, 3.63) is 81.3 Å². The first kappa shape index (κ1) is 13.9. The molecule has 1 heterocycles. The summed E-state index contributed by atoms with van der Waals surface area (Å²) in [7, 11) is 0. The van der Waals surface area contributed by atoms with E-state index in [2.05, 4.69) is 4.98 Å². The summed E-state index contributed by atoms with van der Waals surface area (Å²) in [5, 5.41) is 0.794. The molecular weight excluding hydrogens is 307 g/mol. The normalized spacial score (nSPS) is 10.6. The lowest BCUT2D eigenvalue weighted by atomic mass is 10.1.